The maximum Gasteiger partial charge on any atom is 0.455 e. The molecule has 8 aromatic heterocycles. The first kappa shape index (κ1) is 53.0. The number of aryl methyl sites for hydroxylation is 2. The summed E-state index contributed by atoms with van der Waals surface area (Å²) < 4.78 is 66.4. The molecular weight excluding hydrogens is 1070 g/mol. The quantitative estimate of drug-likeness (QED) is 0.0807. The highest BCUT2D eigenvalue weighted by Crippen LogP contribution is 2.34. The van der Waals surface area contributed by atoms with Crippen molar-refractivity contribution in [2.45, 2.75) is 88.4 Å². The number of aromatic nitrogens is 14. The topological polar surface area (TPSA) is 261 Å². The smallest absolute Gasteiger partial charge is 0.396 e. The van der Waals surface area contributed by atoms with E-state index in [1.165, 1.54) is 10.4 Å². The van der Waals surface area contributed by atoms with Crippen molar-refractivity contribution in [3.8, 4) is 28.5 Å². The average Bonchev–Trinajstić information content (AvgIpc) is 4.40. The molecule has 0 amide bonds. The summed E-state index contributed by atoms with van der Waals surface area (Å²) in [5.74, 6) is 3.41. The Labute approximate surface area is 468 Å². The summed E-state index contributed by atoms with van der Waals surface area (Å²) in [5, 5.41) is 32.9. The molecule has 10 aromatic rings. The second-order valence-electron chi connectivity index (χ2n) is 20.4. The van der Waals surface area contributed by atoms with Gasteiger partial charge in [-0.15, -0.1) is 9.19 Å². The van der Waals surface area contributed by atoms with Crippen LogP contribution in [0.2, 0.25) is 0 Å². The zero-order valence-corrected chi connectivity index (χ0v) is 46.5. The highest BCUT2D eigenvalue weighted by atomic mass is 32.2. The number of hydrogen-bond donors (Lipinski definition) is 4. The Morgan fingerprint density at radius 2 is 1.44 bits per heavy atom. The Kier molecular flexibility index (Phi) is 14.7. The number of aliphatic hydroxyl groups excluding tert-OH is 1. The fraction of sp³-hybridized carbons (Fsp3) is 0.321. The second-order valence-corrected chi connectivity index (χ2v) is 24.5. The number of pyridine rings is 2. The molecule has 0 saturated carbocycles. The predicted molar refractivity (Wildman–Crippen MR) is 303 cm³/mol. The van der Waals surface area contributed by atoms with Gasteiger partial charge in [0.05, 0.1) is 34.3 Å². The van der Waals surface area contributed by atoms with E-state index in [0.717, 1.165) is 49.8 Å². The number of anilines is 4. The fourth-order valence-corrected chi connectivity index (χ4v) is 14.4. The molecular formula is C56H63N18O5S2+3. The van der Waals surface area contributed by atoms with Crippen molar-refractivity contribution in [3.05, 3.63) is 163 Å². The Balaban J connectivity index is 0.820. The molecule has 2 aliphatic rings. The number of fused-ring (bicyclic) bond motifs is 2. The van der Waals surface area contributed by atoms with Crippen molar-refractivity contribution >= 4 is 54.6 Å². The van der Waals surface area contributed by atoms with Crippen LogP contribution < -0.4 is 34.1 Å². The van der Waals surface area contributed by atoms with E-state index in [2.05, 4.69) is 52.7 Å². The van der Waals surface area contributed by atoms with Crippen molar-refractivity contribution in [3.63, 3.8) is 0 Å². The van der Waals surface area contributed by atoms with Crippen molar-refractivity contribution in [1.29, 1.82) is 0 Å². The standard InChI is InChI=1S/C56H61N18O5S2/c1-3-41-33-62-73-49(59-31-39-14-11-22-57-29-39)27-51(64-54(41)73)68-23-12-19-46(36-68)80(76,77)72-38-70(56(67-72)44-17-9-6-10-18-44)45-26-40(30-58-35-45)32-60-50-28-52(65-55-42(4-2)34-63-74(50)55)69-24-13-20-48(47(69)21-25-75)81(78,79)71-37-61-53(66-71)43-15-7-5-8-16-43/h5-11,14-18,22,26-30,33-35,37-38,46-48,75H,3-4,12-13,19-21,23-25,31-32,36H2,1-2H3,(H2,59,60,62,63,64,65)/q+1/p+2. The van der Waals surface area contributed by atoms with Crippen LogP contribution in [0.4, 0.5) is 23.3 Å². The Morgan fingerprint density at radius 3 is 2.14 bits per heavy atom. The van der Waals surface area contributed by atoms with Crippen LogP contribution in [0.1, 0.15) is 68.2 Å². The van der Waals surface area contributed by atoms with Gasteiger partial charge >= 0.3 is 22.2 Å². The normalized spacial score (nSPS) is 17.0. The van der Waals surface area contributed by atoms with Gasteiger partial charge in [0.25, 0.3) is 10.0 Å². The first-order chi connectivity index (χ1) is 39.5. The first-order valence-electron chi connectivity index (χ1n) is 27.3. The van der Waals surface area contributed by atoms with Crippen molar-refractivity contribution in [2.75, 3.05) is 46.7 Å². The molecule has 81 heavy (non-hydrogen) atoms. The third-order valence-electron chi connectivity index (χ3n) is 15.3. The van der Waals surface area contributed by atoms with Crippen LogP contribution in [0.15, 0.2) is 141 Å². The number of aliphatic hydroxyl groups is 1. The van der Waals surface area contributed by atoms with E-state index in [-0.39, 0.29) is 26.1 Å². The number of benzene rings is 2. The molecule has 2 aromatic carbocycles. The molecule has 10 heterocycles. The molecule has 3 unspecified atom stereocenters. The highest BCUT2D eigenvalue weighted by molar-refractivity contribution is 7.90. The summed E-state index contributed by atoms with van der Waals surface area (Å²) in [4.78, 5) is 26.4. The zero-order valence-electron chi connectivity index (χ0n) is 44.9. The van der Waals surface area contributed by atoms with Gasteiger partial charge in [0.2, 0.25) is 5.69 Å². The lowest BCUT2D eigenvalue weighted by Gasteiger charge is -2.41. The number of H-pyrrole nitrogens is 2. The van der Waals surface area contributed by atoms with Crippen molar-refractivity contribution < 1.29 is 35.6 Å². The number of nitrogens with one attached hydrogen (secondary N) is 4. The number of piperidine rings is 2. The summed E-state index contributed by atoms with van der Waals surface area (Å²) >= 11 is 0. The SMILES string of the molecule is CCc1cnn2c(NCc3ccc[nH+]c3)cc(N3CCCC(S(=O)(=O)[n+]4c[n+](-c5cncc(CNc6cc(N7CCCC(S(=O)(=O)n8cnc(-c9ccccc9)n8)C7CCO)nc7c(CC)cnn67)c5)c(-c5ccccc5)[nH]4)C3)nc12. The minimum atomic E-state index is -4.08. The van der Waals surface area contributed by atoms with Crippen molar-refractivity contribution in [1.82, 2.24) is 53.4 Å². The molecule has 12 rings (SSSR count). The number of aromatic amines is 2. The lowest BCUT2D eigenvalue weighted by Crippen LogP contribution is -2.56. The molecule has 0 bridgehead atoms. The lowest BCUT2D eigenvalue weighted by molar-refractivity contribution is -0.677. The second kappa shape index (κ2) is 22.5. The molecule has 416 valence electrons. The third-order valence-corrected chi connectivity index (χ3v) is 19.3. The summed E-state index contributed by atoms with van der Waals surface area (Å²) in [6.45, 7) is 6.04. The van der Waals surface area contributed by atoms with Gasteiger partial charge in [0.15, 0.2) is 29.5 Å². The minimum absolute atomic E-state index is 0.176. The fourth-order valence-electron chi connectivity index (χ4n) is 11.1. The molecule has 25 heteroatoms. The van der Waals surface area contributed by atoms with Gasteiger partial charge in [0, 0.05) is 92.0 Å². The average molecular weight is 1130 g/mol. The first-order valence-corrected chi connectivity index (χ1v) is 30.3. The van der Waals surface area contributed by atoms with E-state index < -0.39 is 36.6 Å². The maximum absolute atomic E-state index is 15.0. The van der Waals surface area contributed by atoms with Crippen LogP contribution in [0.5, 0.6) is 0 Å². The molecule has 2 saturated heterocycles. The summed E-state index contributed by atoms with van der Waals surface area (Å²) in [6, 6.07) is 27.9. The van der Waals surface area contributed by atoms with Gasteiger partial charge in [-0.3, -0.25) is 4.98 Å². The largest absolute Gasteiger partial charge is 0.455 e. The van der Waals surface area contributed by atoms with E-state index in [1.807, 2.05) is 130 Å². The molecule has 0 aliphatic carbocycles. The van der Waals surface area contributed by atoms with Crippen LogP contribution in [0.25, 0.3) is 39.8 Å². The van der Waals surface area contributed by atoms with E-state index >= 15 is 0 Å². The molecule has 2 fully saturated rings. The van der Waals surface area contributed by atoms with E-state index in [0.29, 0.717) is 97.7 Å². The maximum atomic E-state index is 15.0. The van der Waals surface area contributed by atoms with Gasteiger partial charge in [-0.2, -0.15) is 27.6 Å². The third kappa shape index (κ3) is 10.4. The molecule has 0 radical (unpaired) electrons. The molecule has 2 aliphatic heterocycles. The number of nitrogens with zero attached hydrogens (tertiary/aromatic N) is 14. The van der Waals surface area contributed by atoms with Gasteiger partial charge in [-0.1, -0.05) is 72.0 Å². The van der Waals surface area contributed by atoms with Crippen LogP contribution in [0.3, 0.4) is 0 Å². The minimum Gasteiger partial charge on any atom is -0.396 e. The molecule has 23 nitrogen and oxygen atoms in total. The summed E-state index contributed by atoms with van der Waals surface area (Å²) in [5.41, 5.74) is 7.15. The van der Waals surface area contributed by atoms with Gasteiger partial charge in [-0.05, 0) is 68.7 Å². The Bertz CT molecular complexity index is 4080. The predicted octanol–water partition coefficient (Wildman–Crippen LogP) is 4.59. The van der Waals surface area contributed by atoms with Gasteiger partial charge in [-0.25, -0.2) is 28.4 Å². The van der Waals surface area contributed by atoms with Crippen LogP contribution in [-0.4, -0.2) is 118 Å². The Morgan fingerprint density at radius 1 is 0.765 bits per heavy atom. The van der Waals surface area contributed by atoms with Gasteiger partial charge < -0.3 is 25.5 Å². The number of rotatable bonds is 19. The van der Waals surface area contributed by atoms with E-state index in [1.54, 1.807) is 29.4 Å². The summed E-state index contributed by atoms with van der Waals surface area (Å²) in [6.07, 6.45) is 17.3. The molecule has 0 spiro atoms. The van der Waals surface area contributed by atoms with E-state index in [9.17, 15) is 21.9 Å². The van der Waals surface area contributed by atoms with Crippen LogP contribution in [0, 0.1) is 0 Å². The Hall–Kier alpha value is -8.68. The summed E-state index contributed by atoms with van der Waals surface area (Å²) in [7, 11) is -8.11. The molecule has 5 N–H and O–H groups in total. The van der Waals surface area contributed by atoms with Crippen LogP contribution >= 0.6 is 0 Å². The van der Waals surface area contributed by atoms with E-state index in [4.69, 9.17) is 15.1 Å². The monoisotopic (exact) mass is 1130 g/mol. The van der Waals surface area contributed by atoms with Crippen molar-refractivity contribution in [2.24, 2.45) is 0 Å². The number of hydrogen-bond acceptors (Lipinski definition) is 16. The van der Waals surface area contributed by atoms with Crippen LogP contribution in [-0.2, 0) is 46.0 Å². The molecule has 3 atom stereocenters. The zero-order chi connectivity index (χ0) is 55.7. The lowest BCUT2D eigenvalue weighted by atomic mass is 9.99. The highest BCUT2D eigenvalue weighted by Gasteiger charge is 2.44. The van der Waals surface area contributed by atoms with Gasteiger partial charge in [0.1, 0.15) is 40.1 Å².